The van der Waals surface area contributed by atoms with Gasteiger partial charge in [0.1, 0.15) is 11.5 Å². The number of ether oxygens (including phenoxy) is 1. The Morgan fingerprint density at radius 3 is 2.68 bits per heavy atom. The molecule has 0 N–H and O–H groups in total. The van der Waals surface area contributed by atoms with Crippen LogP contribution in [0.25, 0.3) is 11.0 Å². The molecule has 1 amide bonds. The number of rotatable bonds is 6. The standard InChI is InChI=1S/C22H21ClFN3O4/c1-4-27-19-9-8-14(10-18(19)25-13(2)21(27)29)22(30)31-12-20(28)26(3)11-15-16(23)6-5-7-17(15)24/h5-10H,4,11-12H2,1-3H3. The van der Waals surface area contributed by atoms with Crippen molar-refractivity contribution < 1.29 is 18.7 Å². The molecule has 3 rings (SSSR count). The number of amides is 1. The Labute approximate surface area is 183 Å². The Hall–Kier alpha value is -3.26. The molecule has 2 aromatic carbocycles. The number of nitrogens with zero attached hydrogens (tertiary/aromatic N) is 3. The van der Waals surface area contributed by atoms with Crippen molar-refractivity contribution in [3.8, 4) is 0 Å². The van der Waals surface area contributed by atoms with Crippen LogP contribution in [0.4, 0.5) is 4.39 Å². The predicted molar refractivity (Wildman–Crippen MR) is 115 cm³/mol. The number of hydrogen-bond acceptors (Lipinski definition) is 5. The van der Waals surface area contributed by atoms with Crippen molar-refractivity contribution in [2.75, 3.05) is 13.7 Å². The molecule has 162 valence electrons. The van der Waals surface area contributed by atoms with Crippen LogP contribution in [0.15, 0.2) is 41.2 Å². The lowest BCUT2D eigenvalue weighted by molar-refractivity contribution is -0.133. The van der Waals surface area contributed by atoms with Crippen molar-refractivity contribution in [2.45, 2.75) is 26.9 Å². The van der Waals surface area contributed by atoms with Crippen LogP contribution in [0, 0.1) is 12.7 Å². The average molecular weight is 446 g/mol. The second-order valence-corrected chi connectivity index (χ2v) is 7.38. The summed E-state index contributed by atoms with van der Waals surface area (Å²) >= 11 is 5.99. The van der Waals surface area contributed by atoms with Gasteiger partial charge in [0.2, 0.25) is 0 Å². The Morgan fingerprint density at radius 1 is 1.26 bits per heavy atom. The van der Waals surface area contributed by atoms with E-state index in [0.717, 1.165) is 0 Å². The molecule has 0 radical (unpaired) electrons. The summed E-state index contributed by atoms with van der Waals surface area (Å²) in [7, 11) is 1.46. The monoisotopic (exact) mass is 445 g/mol. The summed E-state index contributed by atoms with van der Waals surface area (Å²) in [5.74, 6) is -1.74. The molecule has 1 heterocycles. The zero-order valence-electron chi connectivity index (χ0n) is 17.3. The Balaban J connectivity index is 1.70. The number of esters is 1. The minimum Gasteiger partial charge on any atom is -0.452 e. The van der Waals surface area contributed by atoms with Gasteiger partial charge in [-0.2, -0.15) is 0 Å². The molecule has 0 aliphatic rings. The van der Waals surface area contributed by atoms with Crippen molar-refractivity contribution in [1.82, 2.24) is 14.5 Å². The highest BCUT2D eigenvalue weighted by Gasteiger charge is 2.17. The van der Waals surface area contributed by atoms with Crippen LogP contribution in [0.2, 0.25) is 5.02 Å². The topological polar surface area (TPSA) is 81.5 Å². The van der Waals surface area contributed by atoms with Crippen LogP contribution in [-0.2, 0) is 22.6 Å². The second-order valence-electron chi connectivity index (χ2n) is 6.98. The van der Waals surface area contributed by atoms with E-state index in [1.54, 1.807) is 17.6 Å². The number of carbonyl (C=O) groups excluding carboxylic acids is 2. The molecule has 0 fully saturated rings. The summed E-state index contributed by atoms with van der Waals surface area (Å²) in [5, 5.41) is 0.209. The Morgan fingerprint density at radius 2 is 2.00 bits per heavy atom. The molecule has 0 saturated heterocycles. The lowest BCUT2D eigenvalue weighted by atomic mass is 10.2. The van der Waals surface area contributed by atoms with Crippen LogP contribution in [0.5, 0.6) is 0 Å². The molecule has 0 bridgehead atoms. The van der Waals surface area contributed by atoms with Crippen molar-refractivity contribution >= 4 is 34.5 Å². The second kappa shape index (κ2) is 9.26. The number of carbonyl (C=O) groups is 2. The molecule has 1 aromatic heterocycles. The van der Waals surface area contributed by atoms with Gasteiger partial charge in [-0.1, -0.05) is 17.7 Å². The molecule has 3 aromatic rings. The van der Waals surface area contributed by atoms with Gasteiger partial charge in [-0.3, -0.25) is 9.59 Å². The predicted octanol–water partition coefficient (Wildman–Crippen LogP) is 3.33. The molecule has 9 heteroatoms. The quantitative estimate of drug-likeness (QED) is 0.543. The van der Waals surface area contributed by atoms with Gasteiger partial charge in [0, 0.05) is 30.7 Å². The lowest BCUT2D eigenvalue weighted by Gasteiger charge is -2.18. The first-order valence-electron chi connectivity index (χ1n) is 9.58. The van der Waals surface area contributed by atoms with E-state index in [0.29, 0.717) is 23.3 Å². The maximum absolute atomic E-state index is 13.9. The van der Waals surface area contributed by atoms with E-state index in [4.69, 9.17) is 16.3 Å². The van der Waals surface area contributed by atoms with Gasteiger partial charge >= 0.3 is 5.97 Å². The smallest absolute Gasteiger partial charge is 0.338 e. The lowest BCUT2D eigenvalue weighted by Crippen LogP contribution is -2.31. The molecule has 0 spiro atoms. The summed E-state index contributed by atoms with van der Waals surface area (Å²) in [6.07, 6.45) is 0. The zero-order valence-corrected chi connectivity index (χ0v) is 18.1. The average Bonchev–Trinajstić information content (AvgIpc) is 2.74. The van der Waals surface area contributed by atoms with Crippen molar-refractivity contribution in [3.63, 3.8) is 0 Å². The summed E-state index contributed by atoms with van der Waals surface area (Å²) < 4.78 is 20.6. The molecule has 0 aliphatic carbocycles. The third-order valence-corrected chi connectivity index (χ3v) is 5.22. The van der Waals surface area contributed by atoms with E-state index in [2.05, 4.69) is 4.98 Å². The first kappa shape index (κ1) is 22.4. The molecule has 0 atom stereocenters. The molecule has 0 aliphatic heterocycles. The number of hydrogen-bond donors (Lipinski definition) is 0. The molecule has 0 saturated carbocycles. The highest BCUT2D eigenvalue weighted by Crippen LogP contribution is 2.20. The van der Waals surface area contributed by atoms with Gasteiger partial charge in [0.15, 0.2) is 6.61 Å². The third-order valence-electron chi connectivity index (χ3n) is 4.87. The summed E-state index contributed by atoms with van der Waals surface area (Å²) in [5.41, 5.74) is 1.60. The maximum atomic E-state index is 13.9. The molecular weight excluding hydrogens is 425 g/mol. The minimum absolute atomic E-state index is 0.0599. The summed E-state index contributed by atoms with van der Waals surface area (Å²) in [6, 6.07) is 8.92. The first-order chi connectivity index (χ1) is 14.7. The number of aryl methyl sites for hydroxylation is 2. The van der Waals surface area contributed by atoms with Gasteiger partial charge in [0.05, 0.1) is 16.6 Å². The normalized spacial score (nSPS) is 10.9. The SMILES string of the molecule is CCn1c(=O)c(C)nc2cc(C(=O)OCC(=O)N(C)Cc3c(F)cccc3Cl)ccc21. The zero-order chi connectivity index (χ0) is 22.7. The van der Waals surface area contributed by atoms with E-state index in [9.17, 15) is 18.8 Å². The van der Waals surface area contributed by atoms with E-state index in [1.165, 1.54) is 42.3 Å². The van der Waals surface area contributed by atoms with Crippen molar-refractivity contribution in [3.05, 3.63) is 74.4 Å². The fourth-order valence-electron chi connectivity index (χ4n) is 3.14. The van der Waals surface area contributed by atoms with Gasteiger partial charge < -0.3 is 14.2 Å². The highest BCUT2D eigenvalue weighted by atomic mass is 35.5. The molecule has 31 heavy (non-hydrogen) atoms. The van der Waals surface area contributed by atoms with Crippen LogP contribution in [-0.4, -0.2) is 40.0 Å². The fourth-order valence-corrected chi connectivity index (χ4v) is 3.37. The van der Waals surface area contributed by atoms with Gasteiger partial charge in [-0.25, -0.2) is 14.2 Å². The van der Waals surface area contributed by atoms with Gasteiger partial charge in [0.25, 0.3) is 11.5 Å². The number of benzene rings is 2. The third kappa shape index (κ3) is 4.74. The summed E-state index contributed by atoms with van der Waals surface area (Å²) in [6.45, 7) is 3.35. The van der Waals surface area contributed by atoms with Crippen molar-refractivity contribution in [2.24, 2.45) is 0 Å². The highest BCUT2D eigenvalue weighted by molar-refractivity contribution is 6.31. The van der Waals surface area contributed by atoms with Crippen LogP contribution >= 0.6 is 11.6 Å². The number of aromatic nitrogens is 2. The van der Waals surface area contributed by atoms with Gasteiger partial charge in [-0.05, 0) is 44.2 Å². The fraction of sp³-hybridized carbons (Fsp3) is 0.273. The van der Waals surface area contributed by atoms with E-state index < -0.39 is 24.3 Å². The van der Waals surface area contributed by atoms with Crippen LogP contribution in [0.3, 0.4) is 0 Å². The van der Waals surface area contributed by atoms with Crippen LogP contribution < -0.4 is 5.56 Å². The number of halogens is 2. The Kier molecular flexibility index (Phi) is 6.70. The molecule has 0 unspecified atom stereocenters. The largest absolute Gasteiger partial charge is 0.452 e. The molecular formula is C22H21ClFN3O4. The molecule has 7 nitrogen and oxygen atoms in total. The summed E-state index contributed by atoms with van der Waals surface area (Å²) in [4.78, 5) is 42.4. The maximum Gasteiger partial charge on any atom is 0.338 e. The minimum atomic E-state index is -0.707. The van der Waals surface area contributed by atoms with E-state index in [-0.39, 0.29) is 28.3 Å². The van der Waals surface area contributed by atoms with E-state index >= 15 is 0 Å². The van der Waals surface area contributed by atoms with E-state index in [1.807, 2.05) is 6.92 Å². The first-order valence-corrected chi connectivity index (χ1v) is 9.96. The van der Waals surface area contributed by atoms with Gasteiger partial charge in [-0.15, -0.1) is 0 Å². The van der Waals surface area contributed by atoms with Crippen molar-refractivity contribution in [1.29, 1.82) is 0 Å². The number of likely N-dealkylation sites (N-methyl/N-ethyl adjacent to an activating group) is 1. The Bertz CT molecular complexity index is 1210. The number of fused-ring (bicyclic) bond motifs is 1. The van der Waals surface area contributed by atoms with Crippen LogP contribution in [0.1, 0.15) is 28.5 Å².